The summed E-state index contributed by atoms with van der Waals surface area (Å²) in [5.74, 6) is 5.38. The molecule has 1 aromatic heterocycles. The summed E-state index contributed by atoms with van der Waals surface area (Å²) in [4.78, 5) is 14.2. The summed E-state index contributed by atoms with van der Waals surface area (Å²) in [5.41, 5.74) is 2.65. The lowest BCUT2D eigenvalue weighted by molar-refractivity contribution is 0.0924. The summed E-state index contributed by atoms with van der Waals surface area (Å²) < 4.78 is 0. The molecule has 7 nitrogen and oxygen atoms in total. The van der Waals surface area contributed by atoms with Crippen LogP contribution in [0.1, 0.15) is 31.3 Å². The number of hydrogen-bond acceptors (Lipinski definition) is 6. The summed E-state index contributed by atoms with van der Waals surface area (Å²) in [6, 6.07) is 3.25. The summed E-state index contributed by atoms with van der Waals surface area (Å²) in [5, 5.41) is 10.5. The van der Waals surface area contributed by atoms with E-state index >= 15 is 0 Å². The molecule has 1 aromatic rings. The van der Waals surface area contributed by atoms with E-state index in [2.05, 4.69) is 39.7 Å². The van der Waals surface area contributed by atoms with Gasteiger partial charge in [0.2, 0.25) is 0 Å². The molecule has 1 atom stereocenters. The van der Waals surface area contributed by atoms with Gasteiger partial charge in [0.05, 0.1) is 0 Å². The molecule has 1 heterocycles. The maximum atomic E-state index is 11.9. The van der Waals surface area contributed by atoms with E-state index in [1.807, 2.05) is 6.92 Å². The molecule has 1 rings (SSSR count). The first kappa shape index (κ1) is 15.3. The number of rotatable bonds is 7. The first-order valence-electron chi connectivity index (χ1n) is 6.44. The van der Waals surface area contributed by atoms with Crippen molar-refractivity contribution < 1.29 is 4.79 Å². The highest BCUT2D eigenvalue weighted by Crippen LogP contribution is 2.00. The highest BCUT2D eigenvalue weighted by molar-refractivity contribution is 5.92. The van der Waals surface area contributed by atoms with Gasteiger partial charge in [-0.25, -0.2) is 5.84 Å². The molecule has 1 unspecified atom stereocenters. The van der Waals surface area contributed by atoms with Crippen LogP contribution in [0.2, 0.25) is 0 Å². The first-order chi connectivity index (χ1) is 9.10. The van der Waals surface area contributed by atoms with E-state index in [-0.39, 0.29) is 17.6 Å². The Bertz CT molecular complexity index is 390. The molecular weight excluding hydrogens is 244 g/mol. The van der Waals surface area contributed by atoms with Crippen molar-refractivity contribution in [3.63, 3.8) is 0 Å². The maximum absolute atomic E-state index is 11.9. The van der Waals surface area contributed by atoms with E-state index in [9.17, 15) is 4.79 Å². The second-order valence-electron chi connectivity index (χ2n) is 4.31. The number of carbonyl (C=O) groups excluding carboxylic acids is 1. The fourth-order valence-electron chi connectivity index (χ4n) is 1.74. The molecule has 0 bridgehead atoms. The molecule has 0 saturated carbocycles. The zero-order valence-corrected chi connectivity index (χ0v) is 11.7. The molecule has 0 aliphatic heterocycles. The van der Waals surface area contributed by atoms with Gasteiger partial charge in [0.15, 0.2) is 11.5 Å². The minimum Gasteiger partial charge on any atom is -0.347 e. The van der Waals surface area contributed by atoms with Crippen molar-refractivity contribution in [1.29, 1.82) is 0 Å². The quantitative estimate of drug-likeness (QED) is 0.483. The van der Waals surface area contributed by atoms with Crippen LogP contribution in [0.25, 0.3) is 0 Å². The fraction of sp³-hybridized carbons (Fsp3) is 0.583. The number of carbonyl (C=O) groups is 1. The van der Waals surface area contributed by atoms with E-state index < -0.39 is 0 Å². The second kappa shape index (κ2) is 7.65. The van der Waals surface area contributed by atoms with Gasteiger partial charge >= 0.3 is 0 Å². The molecule has 0 spiro atoms. The fourth-order valence-corrected chi connectivity index (χ4v) is 1.74. The molecule has 7 heteroatoms. The van der Waals surface area contributed by atoms with Crippen molar-refractivity contribution in [3.8, 4) is 0 Å². The monoisotopic (exact) mass is 266 g/mol. The number of nitrogen functional groups attached to an aromatic ring is 1. The lowest BCUT2D eigenvalue weighted by Gasteiger charge is -2.23. The van der Waals surface area contributed by atoms with Crippen LogP contribution >= 0.6 is 0 Å². The Morgan fingerprint density at radius 1 is 1.37 bits per heavy atom. The topological polar surface area (TPSA) is 96.2 Å². The molecule has 0 fully saturated rings. The van der Waals surface area contributed by atoms with E-state index in [1.165, 1.54) is 0 Å². The SMILES string of the molecule is CCN(CC)CC(C)NC(=O)c1ccc(NN)nn1. The third-order valence-corrected chi connectivity index (χ3v) is 2.85. The van der Waals surface area contributed by atoms with Gasteiger partial charge in [-0.1, -0.05) is 13.8 Å². The third-order valence-electron chi connectivity index (χ3n) is 2.85. The number of anilines is 1. The van der Waals surface area contributed by atoms with E-state index in [0.717, 1.165) is 19.6 Å². The Morgan fingerprint density at radius 3 is 2.53 bits per heavy atom. The first-order valence-corrected chi connectivity index (χ1v) is 6.44. The van der Waals surface area contributed by atoms with Crippen LogP contribution in [-0.4, -0.2) is 46.7 Å². The Balaban J connectivity index is 2.53. The number of hydrogen-bond donors (Lipinski definition) is 3. The third kappa shape index (κ3) is 4.80. The second-order valence-corrected chi connectivity index (χ2v) is 4.31. The number of likely N-dealkylation sites (N-methyl/N-ethyl adjacent to an activating group) is 1. The predicted octanol–water partition coefficient (Wildman–Crippen LogP) is 0.222. The molecule has 4 N–H and O–H groups in total. The number of nitrogens with one attached hydrogen (secondary N) is 2. The van der Waals surface area contributed by atoms with Crippen LogP contribution in [0.15, 0.2) is 12.1 Å². The lowest BCUT2D eigenvalue weighted by Crippen LogP contribution is -2.42. The number of hydrazine groups is 1. The number of nitrogens with zero attached hydrogens (tertiary/aromatic N) is 3. The number of aromatic nitrogens is 2. The van der Waals surface area contributed by atoms with Crippen molar-refractivity contribution in [2.75, 3.05) is 25.1 Å². The normalized spacial score (nSPS) is 12.3. The van der Waals surface area contributed by atoms with Crippen molar-refractivity contribution >= 4 is 11.7 Å². The summed E-state index contributed by atoms with van der Waals surface area (Å²) in [7, 11) is 0. The number of amides is 1. The Kier molecular flexibility index (Phi) is 6.17. The van der Waals surface area contributed by atoms with Gasteiger partial charge in [-0.3, -0.25) is 4.79 Å². The largest absolute Gasteiger partial charge is 0.347 e. The Morgan fingerprint density at radius 2 is 2.05 bits per heavy atom. The van der Waals surface area contributed by atoms with Gasteiger partial charge < -0.3 is 15.6 Å². The minimum atomic E-state index is -0.226. The van der Waals surface area contributed by atoms with Gasteiger partial charge in [-0.2, -0.15) is 0 Å². The van der Waals surface area contributed by atoms with Crippen LogP contribution in [0, 0.1) is 0 Å². The highest BCUT2D eigenvalue weighted by Gasteiger charge is 2.13. The van der Waals surface area contributed by atoms with Crippen molar-refractivity contribution in [2.45, 2.75) is 26.8 Å². The lowest BCUT2D eigenvalue weighted by atomic mass is 10.2. The maximum Gasteiger partial charge on any atom is 0.272 e. The zero-order chi connectivity index (χ0) is 14.3. The summed E-state index contributed by atoms with van der Waals surface area (Å²) >= 11 is 0. The van der Waals surface area contributed by atoms with Crippen LogP contribution in [0.4, 0.5) is 5.82 Å². The molecule has 19 heavy (non-hydrogen) atoms. The molecule has 1 amide bonds. The summed E-state index contributed by atoms with van der Waals surface area (Å²) in [6.45, 7) is 8.92. The van der Waals surface area contributed by atoms with Crippen molar-refractivity contribution in [1.82, 2.24) is 20.4 Å². The minimum absolute atomic E-state index is 0.0570. The van der Waals surface area contributed by atoms with Crippen LogP contribution in [0.5, 0.6) is 0 Å². The van der Waals surface area contributed by atoms with Crippen molar-refractivity contribution in [3.05, 3.63) is 17.8 Å². The van der Waals surface area contributed by atoms with Gasteiger partial charge in [0.1, 0.15) is 0 Å². The zero-order valence-electron chi connectivity index (χ0n) is 11.7. The molecule has 106 valence electrons. The Hall–Kier alpha value is -1.73. The molecule has 0 radical (unpaired) electrons. The predicted molar refractivity (Wildman–Crippen MR) is 74.6 cm³/mol. The molecule has 0 saturated heterocycles. The van der Waals surface area contributed by atoms with E-state index in [0.29, 0.717) is 5.82 Å². The smallest absolute Gasteiger partial charge is 0.272 e. The van der Waals surface area contributed by atoms with Crippen molar-refractivity contribution in [2.24, 2.45) is 5.84 Å². The van der Waals surface area contributed by atoms with Crippen LogP contribution in [-0.2, 0) is 0 Å². The average molecular weight is 266 g/mol. The van der Waals surface area contributed by atoms with Gasteiger partial charge in [0, 0.05) is 12.6 Å². The van der Waals surface area contributed by atoms with E-state index in [1.54, 1.807) is 12.1 Å². The van der Waals surface area contributed by atoms with Gasteiger partial charge in [0.25, 0.3) is 5.91 Å². The Labute approximate surface area is 113 Å². The molecule has 0 aliphatic carbocycles. The van der Waals surface area contributed by atoms with E-state index in [4.69, 9.17) is 5.84 Å². The molecule has 0 aromatic carbocycles. The van der Waals surface area contributed by atoms with Crippen LogP contribution < -0.4 is 16.6 Å². The molecular formula is C12H22N6O. The molecule has 0 aliphatic rings. The average Bonchev–Trinajstić information content (AvgIpc) is 2.44. The highest BCUT2D eigenvalue weighted by atomic mass is 16.2. The summed E-state index contributed by atoms with van der Waals surface area (Å²) in [6.07, 6.45) is 0. The van der Waals surface area contributed by atoms with Gasteiger partial charge in [-0.15, -0.1) is 10.2 Å². The van der Waals surface area contributed by atoms with Gasteiger partial charge in [-0.05, 0) is 32.1 Å². The standard InChI is InChI=1S/C12H22N6O/c1-4-18(5-2)8-9(3)14-12(19)10-6-7-11(15-13)17-16-10/h6-7,9H,4-5,8,13H2,1-3H3,(H,14,19)(H,15,17). The van der Waals surface area contributed by atoms with Crippen LogP contribution in [0.3, 0.4) is 0 Å². The number of nitrogens with two attached hydrogens (primary N) is 1.